The molecule has 0 amide bonds. The van der Waals surface area contributed by atoms with Crippen molar-refractivity contribution < 1.29 is 9.53 Å². The first-order valence-electron chi connectivity index (χ1n) is 4.79. The predicted molar refractivity (Wildman–Crippen MR) is 49.9 cm³/mol. The number of ether oxygens (including phenoxy) is 1. The van der Waals surface area contributed by atoms with Gasteiger partial charge in [-0.25, -0.2) is 0 Å². The van der Waals surface area contributed by atoms with Crippen LogP contribution in [0.2, 0.25) is 0 Å². The average molecular weight is 172 g/mol. The van der Waals surface area contributed by atoms with Gasteiger partial charge in [0.2, 0.25) is 0 Å². The van der Waals surface area contributed by atoms with E-state index in [9.17, 15) is 4.79 Å². The van der Waals surface area contributed by atoms with Gasteiger partial charge in [-0.3, -0.25) is 4.79 Å². The number of rotatable bonds is 7. The van der Waals surface area contributed by atoms with E-state index < -0.39 is 0 Å². The highest BCUT2D eigenvalue weighted by atomic mass is 16.5. The maximum absolute atomic E-state index is 10.0. The highest BCUT2D eigenvalue weighted by Crippen LogP contribution is 2.11. The third-order valence-electron chi connectivity index (χ3n) is 2.01. The fourth-order valence-electron chi connectivity index (χ4n) is 1.20. The van der Waals surface area contributed by atoms with E-state index >= 15 is 0 Å². The van der Waals surface area contributed by atoms with Crippen molar-refractivity contribution in [3.8, 4) is 0 Å². The number of hydrogen-bond donors (Lipinski definition) is 0. The molecule has 0 spiro atoms. The Morgan fingerprint density at radius 1 is 1.33 bits per heavy atom. The lowest BCUT2D eigenvalue weighted by molar-refractivity contribution is -0.134. The van der Waals surface area contributed by atoms with E-state index in [4.69, 9.17) is 4.74 Å². The largest absolute Gasteiger partial charge is 0.465 e. The van der Waals surface area contributed by atoms with E-state index in [1.165, 1.54) is 6.42 Å². The van der Waals surface area contributed by atoms with Crippen molar-refractivity contribution in [3.05, 3.63) is 0 Å². The van der Waals surface area contributed by atoms with E-state index in [-0.39, 0.29) is 6.10 Å². The maximum Gasteiger partial charge on any atom is 0.293 e. The summed E-state index contributed by atoms with van der Waals surface area (Å²) in [5, 5.41) is 0. The Kier molecular flexibility index (Phi) is 6.82. The van der Waals surface area contributed by atoms with Gasteiger partial charge < -0.3 is 4.74 Å². The molecule has 0 rings (SSSR count). The molecule has 0 aromatic carbocycles. The molecule has 0 saturated heterocycles. The van der Waals surface area contributed by atoms with Crippen LogP contribution in [0.25, 0.3) is 0 Å². The number of carbonyl (C=O) groups is 1. The molecule has 1 atom stereocenters. The molecule has 0 aromatic heterocycles. The number of carbonyl (C=O) groups excluding carboxylic acids is 1. The lowest BCUT2D eigenvalue weighted by atomic mass is 10.0. The molecular weight excluding hydrogens is 152 g/mol. The van der Waals surface area contributed by atoms with Crippen molar-refractivity contribution >= 4 is 6.47 Å². The predicted octanol–water partition coefficient (Wildman–Crippen LogP) is 2.76. The van der Waals surface area contributed by atoms with Gasteiger partial charge in [0, 0.05) is 0 Å². The number of hydrogen-bond acceptors (Lipinski definition) is 2. The monoisotopic (exact) mass is 172 g/mol. The van der Waals surface area contributed by atoms with Gasteiger partial charge in [-0.15, -0.1) is 0 Å². The van der Waals surface area contributed by atoms with Crippen molar-refractivity contribution in [3.63, 3.8) is 0 Å². The summed E-state index contributed by atoms with van der Waals surface area (Å²) in [5.41, 5.74) is 0. The van der Waals surface area contributed by atoms with Crippen LogP contribution in [0, 0.1) is 5.92 Å². The molecule has 2 nitrogen and oxygen atoms in total. The molecule has 0 radical (unpaired) electrons. The summed E-state index contributed by atoms with van der Waals surface area (Å²) in [5.74, 6) is 0.749. The van der Waals surface area contributed by atoms with Crippen molar-refractivity contribution in [2.75, 3.05) is 0 Å². The van der Waals surface area contributed by atoms with Crippen LogP contribution in [-0.2, 0) is 9.53 Å². The zero-order valence-corrected chi connectivity index (χ0v) is 8.38. The minimum atomic E-state index is 0.140. The van der Waals surface area contributed by atoms with Crippen molar-refractivity contribution in [1.29, 1.82) is 0 Å². The molecule has 0 aromatic rings. The van der Waals surface area contributed by atoms with Crippen LogP contribution < -0.4 is 0 Å². The van der Waals surface area contributed by atoms with Crippen molar-refractivity contribution in [2.24, 2.45) is 5.92 Å². The molecule has 0 aliphatic heterocycles. The van der Waals surface area contributed by atoms with Gasteiger partial charge >= 0.3 is 0 Å². The first kappa shape index (κ1) is 11.5. The molecule has 0 N–H and O–H groups in total. The van der Waals surface area contributed by atoms with Crippen LogP contribution in [0.3, 0.4) is 0 Å². The van der Waals surface area contributed by atoms with E-state index in [2.05, 4.69) is 13.8 Å². The van der Waals surface area contributed by atoms with Crippen LogP contribution in [0.15, 0.2) is 0 Å². The maximum atomic E-state index is 10.0. The SMILES string of the molecule is CCC(CCCC(C)C)OC=O. The Balaban J connectivity index is 3.37. The first-order valence-corrected chi connectivity index (χ1v) is 4.79. The smallest absolute Gasteiger partial charge is 0.293 e. The molecule has 2 heteroatoms. The normalized spacial score (nSPS) is 13.0. The first-order chi connectivity index (χ1) is 5.70. The lowest BCUT2D eigenvalue weighted by Crippen LogP contribution is -2.10. The van der Waals surface area contributed by atoms with E-state index in [1.54, 1.807) is 0 Å². The molecule has 0 saturated carbocycles. The van der Waals surface area contributed by atoms with Gasteiger partial charge in [0.15, 0.2) is 0 Å². The molecule has 0 aliphatic rings. The summed E-state index contributed by atoms with van der Waals surface area (Å²) in [7, 11) is 0. The van der Waals surface area contributed by atoms with Crippen LogP contribution in [0.4, 0.5) is 0 Å². The van der Waals surface area contributed by atoms with Crippen molar-refractivity contribution in [1.82, 2.24) is 0 Å². The third-order valence-corrected chi connectivity index (χ3v) is 2.01. The minimum absolute atomic E-state index is 0.140. The second kappa shape index (κ2) is 7.14. The molecule has 0 bridgehead atoms. The highest BCUT2D eigenvalue weighted by molar-refractivity contribution is 5.37. The summed E-state index contributed by atoms with van der Waals surface area (Å²) < 4.78 is 4.89. The van der Waals surface area contributed by atoms with Crippen molar-refractivity contribution in [2.45, 2.75) is 52.6 Å². The quantitative estimate of drug-likeness (QED) is 0.552. The second-order valence-corrected chi connectivity index (χ2v) is 3.59. The molecular formula is C10H20O2. The summed E-state index contributed by atoms with van der Waals surface area (Å²) in [6, 6.07) is 0. The standard InChI is InChI=1S/C10H20O2/c1-4-10(12-8-11)7-5-6-9(2)3/h8-10H,4-7H2,1-3H3. The second-order valence-electron chi connectivity index (χ2n) is 3.59. The molecule has 72 valence electrons. The van der Waals surface area contributed by atoms with Crippen LogP contribution >= 0.6 is 0 Å². The van der Waals surface area contributed by atoms with Gasteiger partial charge in [0.25, 0.3) is 6.47 Å². The summed E-state index contributed by atoms with van der Waals surface area (Å²) >= 11 is 0. The molecule has 1 unspecified atom stereocenters. The zero-order chi connectivity index (χ0) is 9.40. The van der Waals surface area contributed by atoms with Gasteiger partial charge in [-0.1, -0.05) is 27.2 Å². The topological polar surface area (TPSA) is 26.3 Å². The highest BCUT2D eigenvalue weighted by Gasteiger charge is 2.05. The Morgan fingerprint density at radius 3 is 2.42 bits per heavy atom. The Morgan fingerprint density at radius 2 is 2.00 bits per heavy atom. The zero-order valence-electron chi connectivity index (χ0n) is 8.38. The molecule has 0 heterocycles. The molecule has 0 aliphatic carbocycles. The van der Waals surface area contributed by atoms with Gasteiger partial charge in [-0.2, -0.15) is 0 Å². The van der Waals surface area contributed by atoms with E-state index in [0.29, 0.717) is 6.47 Å². The van der Waals surface area contributed by atoms with Crippen LogP contribution in [0.1, 0.15) is 46.5 Å². The average Bonchev–Trinajstić information content (AvgIpc) is 2.02. The van der Waals surface area contributed by atoms with Gasteiger partial charge in [0.1, 0.15) is 6.10 Å². The summed E-state index contributed by atoms with van der Waals surface area (Å²) in [6.07, 6.45) is 4.45. The van der Waals surface area contributed by atoms with Crippen LogP contribution in [0.5, 0.6) is 0 Å². The Bertz CT molecular complexity index is 110. The molecule has 12 heavy (non-hydrogen) atoms. The van der Waals surface area contributed by atoms with E-state index in [0.717, 1.165) is 25.2 Å². The summed E-state index contributed by atoms with van der Waals surface area (Å²) in [4.78, 5) is 10.0. The third kappa shape index (κ3) is 6.20. The minimum Gasteiger partial charge on any atom is -0.465 e. The molecule has 0 fully saturated rings. The fourth-order valence-corrected chi connectivity index (χ4v) is 1.20. The Hall–Kier alpha value is -0.530. The summed E-state index contributed by atoms with van der Waals surface area (Å²) in [6.45, 7) is 7.02. The van der Waals surface area contributed by atoms with Gasteiger partial charge in [-0.05, 0) is 25.2 Å². The fraction of sp³-hybridized carbons (Fsp3) is 0.900. The Labute approximate surface area is 75.3 Å². The van der Waals surface area contributed by atoms with E-state index in [1.807, 2.05) is 6.92 Å². The lowest BCUT2D eigenvalue weighted by Gasteiger charge is -2.12. The van der Waals surface area contributed by atoms with Gasteiger partial charge in [0.05, 0.1) is 0 Å². The van der Waals surface area contributed by atoms with Crippen LogP contribution in [-0.4, -0.2) is 12.6 Å².